The van der Waals surface area contributed by atoms with E-state index < -0.39 is 0 Å². The molecule has 0 bridgehead atoms. The summed E-state index contributed by atoms with van der Waals surface area (Å²) < 4.78 is 0. The van der Waals surface area contributed by atoms with Gasteiger partial charge in [0.05, 0.1) is 11.4 Å². The van der Waals surface area contributed by atoms with Gasteiger partial charge in [-0.1, -0.05) is 128 Å². The van der Waals surface area contributed by atoms with Gasteiger partial charge in [-0.25, -0.2) is 9.97 Å². The van der Waals surface area contributed by atoms with Gasteiger partial charge in [-0.2, -0.15) is 0 Å². The van der Waals surface area contributed by atoms with E-state index >= 15 is 0 Å². The van der Waals surface area contributed by atoms with Crippen molar-refractivity contribution in [1.29, 1.82) is 0 Å². The second-order valence-electron chi connectivity index (χ2n) is 9.57. The van der Waals surface area contributed by atoms with Crippen LogP contribution < -0.4 is 0 Å². The Labute approximate surface area is 229 Å². The molecule has 39 heavy (non-hydrogen) atoms. The number of hydrogen-bond acceptors (Lipinski definition) is 2. The summed E-state index contributed by atoms with van der Waals surface area (Å²) in [5, 5.41) is 4.81. The predicted octanol–water partition coefficient (Wildman–Crippen LogP) is 9.93. The van der Waals surface area contributed by atoms with Gasteiger partial charge in [0.15, 0.2) is 5.82 Å². The van der Waals surface area contributed by atoms with Gasteiger partial charge in [-0.15, -0.1) is 0 Å². The van der Waals surface area contributed by atoms with Crippen molar-refractivity contribution in [3.63, 3.8) is 0 Å². The van der Waals surface area contributed by atoms with Crippen molar-refractivity contribution in [3.8, 4) is 33.9 Å². The van der Waals surface area contributed by atoms with Crippen LogP contribution in [0.1, 0.15) is 12.5 Å². The van der Waals surface area contributed by atoms with Crippen molar-refractivity contribution in [3.05, 3.63) is 152 Å². The molecule has 6 rings (SSSR count). The van der Waals surface area contributed by atoms with E-state index in [1.54, 1.807) is 0 Å². The highest BCUT2D eigenvalue weighted by atomic mass is 14.9. The molecule has 0 spiro atoms. The summed E-state index contributed by atoms with van der Waals surface area (Å²) in [6.45, 7) is 6.20. The number of aromatic nitrogens is 2. The summed E-state index contributed by atoms with van der Waals surface area (Å²) in [5.41, 5.74) is 6.93. The van der Waals surface area contributed by atoms with Crippen LogP contribution in [0.25, 0.3) is 61.0 Å². The minimum atomic E-state index is 0.699. The van der Waals surface area contributed by atoms with Crippen LogP contribution in [0.4, 0.5) is 0 Å². The maximum absolute atomic E-state index is 5.05. The summed E-state index contributed by atoms with van der Waals surface area (Å²) in [7, 11) is 0. The van der Waals surface area contributed by atoms with Gasteiger partial charge in [0.1, 0.15) is 0 Å². The number of allylic oxidation sites excluding steroid dienone is 5. The monoisotopic (exact) mass is 500 g/mol. The third kappa shape index (κ3) is 5.18. The lowest BCUT2D eigenvalue weighted by atomic mass is 10.0. The molecule has 0 aliphatic rings. The van der Waals surface area contributed by atoms with Gasteiger partial charge in [-0.3, -0.25) is 0 Å². The third-order valence-electron chi connectivity index (χ3n) is 6.93. The fourth-order valence-electron chi connectivity index (χ4n) is 4.78. The zero-order chi connectivity index (χ0) is 26.6. The van der Waals surface area contributed by atoms with Crippen LogP contribution >= 0.6 is 0 Å². The first kappa shape index (κ1) is 24.3. The molecule has 6 aromatic rings. The molecule has 0 unspecified atom stereocenters. The van der Waals surface area contributed by atoms with Gasteiger partial charge < -0.3 is 0 Å². The molecule has 2 nitrogen and oxygen atoms in total. The fraction of sp³-hybridized carbons (Fsp3) is 0.0270. The lowest BCUT2D eigenvalue weighted by Crippen LogP contribution is -1.96. The van der Waals surface area contributed by atoms with Gasteiger partial charge in [0.2, 0.25) is 0 Å². The molecule has 5 aromatic carbocycles. The van der Waals surface area contributed by atoms with Gasteiger partial charge in [0, 0.05) is 16.7 Å². The zero-order valence-corrected chi connectivity index (χ0v) is 21.9. The zero-order valence-electron chi connectivity index (χ0n) is 21.9. The van der Waals surface area contributed by atoms with Crippen LogP contribution in [-0.4, -0.2) is 9.97 Å². The molecule has 0 atom stereocenters. The molecule has 1 heterocycles. The highest BCUT2D eigenvalue weighted by Crippen LogP contribution is 2.31. The Morgan fingerprint density at radius 3 is 1.62 bits per heavy atom. The van der Waals surface area contributed by atoms with Crippen molar-refractivity contribution >= 4 is 27.1 Å². The molecular formula is C37H28N2. The van der Waals surface area contributed by atoms with Crippen LogP contribution in [0, 0.1) is 0 Å². The Morgan fingerprint density at radius 1 is 0.564 bits per heavy atom. The van der Waals surface area contributed by atoms with E-state index in [0.717, 1.165) is 39.2 Å². The molecule has 1 aromatic heterocycles. The molecule has 0 saturated heterocycles. The number of benzene rings is 5. The van der Waals surface area contributed by atoms with Crippen LogP contribution in [0.15, 0.2) is 146 Å². The molecule has 0 N–H and O–H groups in total. The molecule has 2 heteroatoms. The number of fused-ring (bicyclic) bond motifs is 2. The quantitative estimate of drug-likeness (QED) is 0.213. The molecule has 0 aliphatic carbocycles. The Kier molecular flexibility index (Phi) is 6.67. The second kappa shape index (κ2) is 10.7. The summed E-state index contributed by atoms with van der Waals surface area (Å²) in [4.78, 5) is 10.1. The third-order valence-corrected chi connectivity index (χ3v) is 6.93. The van der Waals surface area contributed by atoms with Gasteiger partial charge in [-0.05, 0) is 57.8 Å². The molecule has 186 valence electrons. The molecule has 0 saturated carbocycles. The summed E-state index contributed by atoms with van der Waals surface area (Å²) in [6.07, 6.45) is 8.02. The topological polar surface area (TPSA) is 25.8 Å². The van der Waals surface area contributed by atoms with E-state index in [0.29, 0.717) is 5.82 Å². The Balaban J connectivity index is 1.46. The first-order valence-corrected chi connectivity index (χ1v) is 13.1. The van der Waals surface area contributed by atoms with Crippen molar-refractivity contribution in [1.82, 2.24) is 9.97 Å². The van der Waals surface area contributed by atoms with Crippen LogP contribution in [0.3, 0.4) is 0 Å². The van der Waals surface area contributed by atoms with E-state index in [2.05, 4.69) is 122 Å². The minimum Gasteiger partial charge on any atom is -0.228 e. The van der Waals surface area contributed by atoms with Crippen molar-refractivity contribution in [2.45, 2.75) is 6.92 Å². The Hall–Kier alpha value is -5.08. The number of rotatable bonds is 6. The van der Waals surface area contributed by atoms with Crippen LogP contribution in [0.2, 0.25) is 0 Å². The largest absolute Gasteiger partial charge is 0.228 e. The molecule has 0 fully saturated rings. The lowest BCUT2D eigenvalue weighted by molar-refractivity contribution is 1.18. The van der Waals surface area contributed by atoms with Crippen LogP contribution in [0.5, 0.6) is 0 Å². The smallest absolute Gasteiger partial charge is 0.160 e. The summed E-state index contributed by atoms with van der Waals surface area (Å²) in [5.74, 6) is 0.699. The highest BCUT2D eigenvalue weighted by Gasteiger charge is 2.12. The average Bonchev–Trinajstić information content (AvgIpc) is 3.00. The second-order valence-corrected chi connectivity index (χ2v) is 9.57. The molecular weight excluding hydrogens is 472 g/mol. The highest BCUT2D eigenvalue weighted by molar-refractivity contribution is 5.89. The van der Waals surface area contributed by atoms with E-state index in [1.807, 2.05) is 31.2 Å². The number of nitrogens with zero attached hydrogens (tertiary/aromatic N) is 2. The van der Waals surface area contributed by atoms with E-state index in [1.165, 1.54) is 21.5 Å². The van der Waals surface area contributed by atoms with E-state index in [-0.39, 0.29) is 0 Å². The Bertz CT molecular complexity index is 1780. The Morgan fingerprint density at radius 2 is 1.08 bits per heavy atom. The first-order valence-electron chi connectivity index (χ1n) is 13.1. The van der Waals surface area contributed by atoms with Crippen LogP contribution in [-0.2, 0) is 0 Å². The summed E-state index contributed by atoms with van der Waals surface area (Å²) >= 11 is 0. The van der Waals surface area contributed by atoms with Crippen molar-refractivity contribution < 1.29 is 0 Å². The maximum Gasteiger partial charge on any atom is 0.160 e. The fourth-order valence-corrected chi connectivity index (χ4v) is 4.78. The van der Waals surface area contributed by atoms with Crippen molar-refractivity contribution in [2.75, 3.05) is 0 Å². The van der Waals surface area contributed by atoms with Gasteiger partial charge >= 0.3 is 0 Å². The first-order chi connectivity index (χ1) is 19.2. The lowest BCUT2D eigenvalue weighted by Gasteiger charge is -2.11. The standard InChI is InChI=1S/C37H28N2/c1-3-4-5-10-26(2)27-15-19-30(20-16-27)37-38-35(33-21-17-28-11-6-8-13-31(28)23-33)25-36(39-37)34-22-18-29-12-7-9-14-32(29)24-34/h3-25H,2H2,1H3/b4-3-,10-5-. The average molecular weight is 501 g/mol. The van der Waals surface area contributed by atoms with E-state index in [9.17, 15) is 0 Å². The molecule has 0 radical (unpaired) electrons. The minimum absolute atomic E-state index is 0.699. The predicted molar refractivity (Wildman–Crippen MR) is 166 cm³/mol. The normalized spacial score (nSPS) is 11.6. The van der Waals surface area contributed by atoms with E-state index in [4.69, 9.17) is 9.97 Å². The molecule has 0 aliphatic heterocycles. The maximum atomic E-state index is 5.05. The molecule has 0 amide bonds. The van der Waals surface area contributed by atoms with Gasteiger partial charge in [0.25, 0.3) is 0 Å². The summed E-state index contributed by atoms with van der Waals surface area (Å²) in [6, 6.07) is 40.2. The number of hydrogen-bond donors (Lipinski definition) is 0. The SMILES string of the molecule is C=C(/C=C\C=C/C)c1ccc(-c2nc(-c3ccc4ccccc4c3)cc(-c3ccc4ccccc4c3)n2)cc1. The van der Waals surface area contributed by atoms with Crippen molar-refractivity contribution in [2.24, 2.45) is 0 Å².